The number of nitrogens with zero attached hydrogens (tertiary/aromatic N) is 3. The molecule has 7 nitrogen and oxygen atoms in total. The molecule has 0 spiro atoms. The van der Waals surface area contributed by atoms with E-state index >= 15 is 0 Å². The third-order valence-corrected chi connectivity index (χ3v) is 4.14. The molecule has 0 aliphatic rings. The molecule has 0 aliphatic heterocycles. The van der Waals surface area contributed by atoms with Crippen molar-refractivity contribution in [1.82, 2.24) is 14.6 Å². The Bertz CT molecular complexity index is 607. The lowest BCUT2D eigenvalue weighted by Crippen LogP contribution is -2.38. The van der Waals surface area contributed by atoms with Crippen molar-refractivity contribution in [3.05, 3.63) is 24.0 Å². The van der Waals surface area contributed by atoms with Crippen LogP contribution < -0.4 is 5.32 Å². The van der Waals surface area contributed by atoms with E-state index in [4.69, 9.17) is 5.26 Å². The van der Waals surface area contributed by atoms with E-state index in [0.29, 0.717) is 6.54 Å². The number of nitriles is 1. The van der Waals surface area contributed by atoms with Crippen molar-refractivity contribution in [2.75, 3.05) is 20.1 Å². The van der Waals surface area contributed by atoms with Gasteiger partial charge in [-0.3, -0.25) is 4.79 Å². The number of hydrogen-bond acceptors (Lipinski definition) is 5. The SMILES string of the molecule is CCNC(=O)CN(C)S(=O)(=O)c1cccnc1C#N. The van der Waals surface area contributed by atoms with Crippen LogP contribution in [0.25, 0.3) is 0 Å². The van der Waals surface area contributed by atoms with Crippen LogP contribution in [0.1, 0.15) is 12.6 Å². The molecule has 1 aromatic heterocycles. The molecule has 1 rings (SSSR count). The molecule has 0 fully saturated rings. The molecule has 1 N–H and O–H groups in total. The predicted octanol–water partition coefficient (Wildman–Crippen LogP) is -0.290. The van der Waals surface area contributed by atoms with Crippen LogP contribution in [0, 0.1) is 11.3 Å². The summed E-state index contributed by atoms with van der Waals surface area (Å²) in [7, 11) is -2.63. The molecule has 0 aromatic carbocycles. The fourth-order valence-electron chi connectivity index (χ4n) is 1.39. The zero-order chi connectivity index (χ0) is 14.5. The van der Waals surface area contributed by atoms with E-state index in [-0.39, 0.29) is 17.1 Å². The van der Waals surface area contributed by atoms with Gasteiger partial charge in [0.05, 0.1) is 6.54 Å². The summed E-state index contributed by atoms with van der Waals surface area (Å²) >= 11 is 0. The first-order valence-electron chi connectivity index (χ1n) is 5.51. The van der Waals surface area contributed by atoms with Crippen molar-refractivity contribution >= 4 is 15.9 Å². The van der Waals surface area contributed by atoms with Gasteiger partial charge in [-0.2, -0.15) is 9.57 Å². The lowest BCUT2D eigenvalue weighted by molar-refractivity contribution is -0.121. The van der Waals surface area contributed by atoms with Crippen LogP contribution in [0.2, 0.25) is 0 Å². The van der Waals surface area contributed by atoms with Crippen molar-refractivity contribution < 1.29 is 13.2 Å². The van der Waals surface area contributed by atoms with E-state index in [0.717, 1.165) is 4.31 Å². The number of nitrogens with one attached hydrogen (secondary N) is 1. The van der Waals surface area contributed by atoms with Crippen molar-refractivity contribution in [2.45, 2.75) is 11.8 Å². The van der Waals surface area contributed by atoms with Gasteiger partial charge >= 0.3 is 0 Å². The minimum atomic E-state index is -3.91. The second kappa shape index (κ2) is 6.26. The summed E-state index contributed by atoms with van der Waals surface area (Å²) < 4.78 is 25.3. The highest BCUT2D eigenvalue weighted by molar-refractivity contribution is 7.89. The van der Waals surface area contributed by atoms with Crippen molar-refractivity contribution in [3.8, 4) is 6.07 Å². The Labute approximate surface area is 111 Å². The number of hydrogen-bond donors (Lipinski definition) is 1. The third kappa shape index (κ3) is 3.49. The Morgan fingerprint density at radius 2 is 2.26 bits per heavy atom. The number of carbonyl (C=O) groups is 1. The molecule has 0 aliphatic carbocycles. The normalized spacial score (nSPS) is 11.1. The highest BCUT2D eigenvalue weighted by Crippen LogP contribution is 2.16. The first kappa shape index (κ1) is 15.1. The van der Waals surface area contributed by atoms with Crippen LogP contribution in [0.15, 0.2) is 23.2 Å². The van der Waals surface area contributed by atoms with Gasteiger partial charge in [0.25, 0.3) is 0 Å². The minimum absolute atomic E-state index is 0.190. The molecule has 0 unspecified atom stereocenters. The van der Waals surface area contributed by atoms with E-state index < -0.39 is 15.9 Å². The number of likely N-dealkylation sites (N-methyl/N-ethyl adjacent to an activating group) is 2. The molecule has 1 heterocycles. The lowest BCUT2D eigenvalue weighted by atomic mass is 10.4. The number of aromatic nitrogens is 1. The molecule has 1 aromatic rings. The molecule has 0 radical (unpaired) electrons. The number of pyridine rings is 1. The summed E-state index contributed by atoms with van der Waals surface area (Å²) in [5, 5.41) is 11.4. The first-order valence-corrected chi connectivity index (χ1v) is 6.95. The van der Waals surface area contributed by atoms with Crippen LogP contribution in [0.3, 0.4) is 0 Å². The van der Waals surface area contributed by atoms with Gasteiger partial charge in [-0.05, 0) is 19.1 Å². The second-order valence-electron chi connectivity index (χ2n) is 3.68. The summed E-state index contributed by atoms with van der Waals surface area (Å²) in [6.45, 7) is 1.85. The van der Waals surface area contributed by atoms with Crippen LogP contribution in [0.5, 0.6) is 0 Å². The molecule has 102 valence electrons. The summed E-state index contributed by atoms with van der Waals surface area (Å²) in [6, 6.07) is 4.43. The molecule has 19 heavy (non-hydrogen) atoms. The smallest absolute Gasteiger partial charge is 0.246 e. The molecule has 8 heteroatoms. The number of carbonyl (C=O) groups excluding carboxylic acids is 1. The molecule has 1 amide bonds. The predicted molar refractivity (Wildman–Crippen MR) is 67.5 cm³/mol. The van der Waals surface area contributed by atoms with Gasteiger partial charge in [-0.25, -0.2) is 13.4 Å². The Morgan fingerprint density at radius 1 is 1.58 bits per heavy atom. The highest BCUT2D eigenvalue weighted by Gasteiger charge is 2.26. The number of sulfonamides is 1. The van der Waals surface area contributed by atoms with Gasteiger partial charge < -0.3 is 5.32 Å². The summed E-state index contributed by atoms with van der Waals surface area (Å²) in [6.07, 6.45) is 1.33. The van der Waals surface area contributed by atoms with Crippen molar-refractivity contribution in [1.29, 1.82) is 5.26 Å². The van der Waals surface area contributed by atoms with Crippen LogP contribution >= 0.6 is 0 Å². The molecular formula is C11H14N4O3S. The molecule has 0 bridgehead atoms. The Balaban J connectivity index is 3.04. The van der Waals surface area contributed by atoms with Gasteiger partial charge in [0.2, 0.25) is 15.9 Å². The standard InChI is InChI=1S/C11H14N4O3S/c1-3-13-11(16)8-15(2)19(17,18)10-5-4-6-14-9(10)7-12/h4-6H,3,8H2,1-2H3,(H,13,16). The van der Waals surface area contributed by atoms with Crippen molar-refractivity contribution in [2.24, 2.45) is 0 Å². The maximum Gasteiger partial charge on any atom is 0.246 e. The average molecular weight is 282 g/mol. The first-order chi connectivity index (χ1) is 8.93. The molecule has 0 saturated heterocycles. The molecular weight excluding hydrogens is 268 g/mol. The summed E-state index contributed by atoms with van der Waals surface area (Å²) in [4.78, 5) is 14.9. The van der Waals surface area contributed by atoms with Gasteiger partial charge in [-0.1, -0.05) is 0 Å². The maximum atomic E-state index is 12.2. The Kier molecular flexibility index (Phi) is 4.97. The Hall–Kier alpha value is -1.98. The van der Waals surface area contributed by atoms with E-state index in [1.807, 2.05) is 0 Å². The highest BCUT2D eigenvalue weighted by atomic mass is 32.2. The van der Waals surface area contributed by atoms with E-state index in [1.165, 1.54) is 25.4 Å². The van der Waals surface area contributed by atoms with E-state index in [9.17, 15) is 13.2 Å². The molecule has 0 saturated carbocycles. The van der Waals surface area contributed by atoms with Crippen LogP contribution in [0.4, 0.5) is 0 Å². The summed E-state index contributed by atoms with van der Waals surface area (Å²) in [5.41, 5.74) is -0.190. The quantitative estimate of drug-likeness (QED) is 0.799. The van der Waals surface area contributed by atoms with Gasteiger partial charge in [0, 0.05) is 19.8 Å². The van der Waals surface area contributed by atoms with E-state index in [1.54, 1.807) is 13.0 Å². The maximum absolute atomic E-state index is 12.2. The number of amides is 1. The van der Waals surface area contributed by atoms with Crippen LogP contribution in [-0.4, -0.2) is 43.8 Å². The monoisotopic (exact) mass is 282 g/mol. The number of rotatable bonds is 5. The van der Waals surface area contributed by atoms with Gasteiger partial charge in [-0.15, -0.1) is 0 Å². The second-order valence-corrected chi connectivity index (χ2v) is 5.69. The Morgan fingerprint density at radius 3 is 2.84 bits per heavy atom. The third-order valence-electron chi connectivity index (χ3n) is 2.31. The van der Waals surface area contributed by atoms with E-state index in [2.05, 4.69) is 10.3 Å². The molecule has 0 atom stereocenters. The fraction of sp³-hybridized carbons (Fsp3) is 0.364. The zero-order valence-corrected chi connectivity index (χ0v) is 11.4. The topological polar surface area (TPSA) is 103 Å². The summed E-state index contributed by atoms with van der Waals surface area (Å²) in [5.74, 6) is -0.407. The minimum Gasteiger partial charge on any atom is -0.355 e. The zero-order valence-electron chi connectivity index (χ0n) is 10.6. The van der Waals surface area contributed by atoms with Crippen LogP contribution in [-0.2, 0) is 14.8 Å². The largest absolute Gasteiger partial charge is 0.355 e. The van der Waals surface area contributed by atoms with Crippen molar-refractivity contribution in [3.63, 3.8) is 0 Å². The fourth-order valence-corrected chi connectivity index (χ4v) is 2.61. The average Bonchev–Trinajstić information content (AvgIpc) is 2.38. The van der Waals surface area contributed by atoms with Gasteiger partial charge in [0.1, 0.15) is 11.0 Å². The van der Waals surface area contributed by atoms with Gasteiger partial charge in [0.15, 0.2) is 5.69 Å². The lowest BCUT2D eigenvalue weighted by Gasteiger charge is -2.16.